The zero-order chi connectivity index (χ0) is 13.8. The molecule has 1 aromatic carbocycles. The number of anilines is 1. The highest BCUT2D eigenvalue weighted by Gasteiger charge is 2.10. The molecule has 1 atom stereocenters. The summed E-state index contributed by atoms with van der Waals surface area (Å²) in [7, 11) is 1.99. The number of aliphatic hydroxyl groups is 2. The van der Waals surface area contributed by atoms with Crippen LogP contribution in [0.4, 0.5) is 5.69 Å². The van der Waals surface area contributed by atoms with Gasteiger partial charge in [-0.3, -0.25) is 4.98 Å². The zero-order valence-corrected chi connectivity index (χ0v) is 11.4. The molecule has 1 heterocycles. The predicted molar refractivity (Wildman–Crippen MR) is 77.2 cm³/mol. The van der Waals surface area contributed by atoms with E-state index in [0.717, 1.165) is 23.1 Å². The van der Waals surface area contributed by atoms with Gasteiger partial charge >= 0.3 is 0 Å². The molecule has 4 nitrogen and oxygen atoms in total. The van der Waals surface area contributed by atoms with Crippen molar-refractivity contribution in [3.8, 4) is 0 Å². The van der Waals surface area contributed by atoms with Crippen LogP contribution in [-0.2, 0) is 6.61 Å². The van der Waals surface area contributed by atoms with Crippen molar-refractivity contribution in [3.63, 3.8) is 0 Å². The summed E-state index contributed by atoms with van der Waals surface area (Å²) in [6.07, 6.45) is 0.398. The number of aliphatic hydroxyl groups excluding tert-OH is 2. The number of hydrogen-bond acceptors (Lipinski definition) is 4. The van der Waals surface area contributed by atoms with Crippen molar-refractivity contribution in [2.45, 2.75) is 26.1 Å². The second-order valence-corrected chi connectivity index (χ2v) is 4.87. The number of rotatable bonds is 5. The molecular formula is C15H20N2O2. The number of fused-ring (bicyclic) bond motifs is 1. The molecule has 0 aliphatic rings. The summed E-state index contributed by atoms with van der Waals surface area (Å²) < 4.78 is 0. The van der Waals surface area contributed by atoms with E-state index >= 15 is 0 Å². The lowest BCUT2D eigenvalue weighted by molar-refractivity contribution is 0.187. The van der Waals surface area contributed by atoms with Crippen molar-refractivity contribution in [2.75, 3.05) is 18.5 Å². The normalized spacial score (nSPS) is 12.6. The van der Waals surface area contributed by atoms with E-state index in [1.54, 1.807) is 6.92 Å². The second-order valence-electron chi connectivity index (χ2n) is 4.87. The molecule has 0 amide bonds. The highest BCUT2D eigenvalue weighted by atomic mass is 16.3. The fourth-order valence-electron chi connectivity index (χ4n) is 2.11. The van der Waals surface area contributed by atoms with Gasteiger partial charge in [0.2, 0.25) is 0 Å². The van der Waals surface area contributed by atoms with Crippen molar-refractivity contribution in [1.29, 1.82) is 0 Å². The van der Waals surface area contributed by atoms with Crippen LogP contribution in [0.1, 0.15) is 19.0 Å². The number of para-hydroxylation sites is 1. The number of aromatic nitrogens is 1. The van der Waals surface area contributed by atoms with E-state index in [9.17, 15) is 10.2 Å². The second kappa shape index (κ2) is 5.99. The Morgan fingerprint density at radius 1 is 1.32 bits per heavy atom. The summed E-state index contributed by atoms with van der Waals surface area (Å²) in [5.74, 6) is 0. The van der Waals surface area contributed by atoms with E-state index in [1.165, 1.54) is 0 Å². The van der Waals surface area contributed by atoms with Crippen molar-refractivity contribution in [2.24, 2.45) is 0 Å². The summed E-state index contributed by atoms with van der Waals surface area (Å²) in [6.45, 7) is 2.48. The third-order valence-electron chi connectivity index (χ3n) is 3.20. The van der Waals surface area contributed by atoms with Gasteiger partial charge in [-0.25, -0.2) is 0 Å². The summed E-state index contributed by atoms with van der Waals surface area (Å²) >= 11 is 0. The summed E-state index contributed by atoms with van der Waals surface area (Å²) in [5, 5.41) is 19.7. The maximum atomic E-state index is 9.38. The molecule has 4 heteroatoms. The molecule has 2 N–H and O–H groups in total. The molecule has 1 unspecified atom stereocenters. The summed E-state index contributed by atoms with van der Waals surface area (Å²) in [4.78, 5) is 6.50. The largest absolute Gasteiger partial charge is 0.393 e. The minimum absolute atomic E-state index is 0.0674. The van der Waals surface area contributed by atoms with Crippen LogP contribution in [0.5, 0.6) is 0 Å². The third-order valence-corrected chi connectivity index (χ3v) is 3.20. The van der Waals surface area contributed by atoms with Crippen LogP contribution in [0.15, 0.2) is 30.3 Å². The molecule has 0 radical (unpaired) electrons. The van der Waals surface area contributed by atoms with Crippen LogP contribution in [0.25, 0.3) is 10.9 Å². The lowest BCUT2D eigenvalue weighted by Gasteiger charge is -2.22. The maximum absolute atomic E-state index is 9.38. The number of pyridine rings is 1. The highest BCUT2D eigenvalue weighted by Crippen LogP contribution is 2.26. The molecule has 0 aliphatic heterocycles. The van der Waals surface area contributed by atoms with Gasteiger partial charge in [-0.2, -0.15) is 0 Å². The minimum Gasteiger partial charge on any atom is -0.393 e. The Labute approximate surface area is 113 Å². The average Bonchev–Trinajstić information content (AvgIpc) is 2.43. The molecule has 102 valence electrons. The van der Waals surface area contributed by atoms with Crippen molar-refractivity contribution in [3.05, 3.63) is 36.0 Å². The quantitative estimate of drug-likeness (QED) is 0.862. The molecule has 0 aliphatic carbocycles. The smallest absolute Gasteiger partial charge is 0.0854 e. The zero-order valence-electron chi connectivity index (χ0n) is 11.4. The van der Waals surface area contributed by atoms with Crippen molar-refractivity contribution in [1.82, 2.24) is 4.98 Å². The van der Waals surface area contributed by atoms with Gasteiger partial charge in [0.1, 0.15) is 0 Å². The van der Waals surface area contributed by atoms with Crippen LogP contribution in [-0.4, -0.2) is 34.9 Å². The maximum Gasteiger partial charge on any atom is 0.0854 e. The molecule has 0 saturated heterocycles. The highest BCUT2D eigenvalue weighted by molar-refractivity contribution is 5.91. The van der Waals surface area contributed by atoms with Crippen LogP contribution in [0, 0.1) is 0 Å². The predicted octanol–water partition coefficient (Wildman–Crippen LogP) is 1.93. The van der Waals surface area contributed by atoms with E-state index in [1.807, 2.05) is 37.4 Å². The molecule has 0 spiro atoms. The van der Waals surface area contributed by atoms with Crippen LogP contribution >= 0.6 is 0 Å². The number of nitrogens with zero attached hydrogens (tertiary/aromatic N) is 2. The van der Waals surface area contributed by atoms with E-state index in [4.69, 9.17) is 0 Å². The van der Waals surface area contributed by atoms with Gasteiger partial charge in [-0.15, -0.1) is 0 Å². The Bertz CT molecular complexity index is 555. The van der Waals surface area contributed by atoms with Crippen molar-refractivity contribution < 1.29 is 10.2 Å². The molecular weight excluding hydrogens is 240 g/mol. The fraction of sp³-hybridized carbons (Fsp3) is 0.400. The van der Waals surface area contributed by atoms with Gasteiger partial charge in [0.25, 0.3) is 0 Å². The Morgan fingerprint density at radius 2 is 2.05 bits per heavy atom. The standard InChI is InChI=1S/C15H20N2O2/c1-11(19)7-8-17(2)15-9-12(10-18)16-14-6-4-3-5-13(14)15/h3-6,9,11,18-19H,7-8,10H2,1-2H3. The van der Waals surface area contributed by atoms with Gasteiger partial charge in [-0.05, 0) is 25.5 Å². The van der Waals surface area contributed by atoms with Gasteiger partial charge < -0.3 is 15.1 Å². The minimum atomic E-state index is -0.312. The summed E-state index contributed by atoms with van der Waals surface area (Å²) in [6, 6.07) is 9.80. The van der Waals surface area contributed by atoms with Gasteiger partial charge in [0.05, 0.1) is 23.9 Å². The van der Waals surface area contributed by atoms with E-state index in [-0.39, 0.29) is 12.7 Å². The Balaban J connectivity index is 2.39. The molecule has 1 aromatic heterocycles. The molecule has 19 heavy (non-hydrogen) atoms. The lowest BCUT2D eigenvalue weighted by atomic mass is 10.1. The SMILES string of the molecule is CC(O)CCN(C)c1cc(CO)nc2ccccc12. The van der Waals surface area contributed by atoms with Gasteiger partial charge in [-0.1, -0.05) is 18.2 Å². The Morgan fingerprint density at radius 3 is 2.74 bits per heavy atom. The first kappa shape index (κ1) is 13.8. The van der Waals surface area contributed by atoms with Crippen LogP contribution in [0.2, 0.25) is 0 Å². The summed E-state index contributed by atoms with van der Waals surface area (Å²) in [5.41, 5.74) is 2.58. The molecule has 0 bridgehead atoms. The first-order valence-corrected chi connectivity index (χ1v) is 6.50. The third kappa shape index (κ3) is 3.22. The molecule has 2 aromatic rings. The number of hydrogen-bond donors (Lipinski definition) is 2. The monoisotopic (exact) mass is 260 g/mol. The van der Waals surface area contributed by atoms with E-state index in [2.05, 4.69) is 9.88 Å². The van der Waals surface area contributed by atoms with Crippen LogP contribution in [0.3, 0.4) is 0 Å². The number of benzene rings is 1. The topological polar surface area (TPSA) is 56.6 Å². The molecule has 0 saturated carbocycles. The first-order chi connectivity index (χ1) is 9.11. The Hall–Kier alpha value is -1.65. The van der Waals surface area contributed by atoms with Crippen LogP contribution < -0.4 is 4.90 Å². The molecule has 0 fully saturated rings. The average molecular weight is 260 g/mol. The Kier molecular flexibility index (Phi) is 4.35. The van der Waals surface area contributed by atoms with E-state index in [0.29, 0.717) is 12.1 Å². The van der Waals surface area contributed by atoms with Gasteiger partial charge in [0.15, 0.2) is 0 Å². The first-order valence-electron chi connectivity index (χ1n) is 6.50. The fourth-order valence-corrected chi connectivity index (χ4v) is 2.11. The van der Waals surface area contributed by atoms with Crippen molar-refractivity contribution >= 4 is 16.6 Å². The van der Waals surface area contributed by atoms with E-state index < -0.39 is 0 Å². The van der Waals surface area contributed by atoms with Gasteiger partial charge in [0, 0.05) is 24.7 Å². The molecule has 2 rings (SSSR count). The lowest BCUT2D eigenvalue weighted by Crippen LogP contribution is -2.22.